The highest BCUT2D eigenvalue weighted by Crippen LogP contribution is 2.25. The second-order valence-electron chi connectivity index (χ2n) is 7.00. The van der Waals surface area contributed by atoms with Crippen molar-refractivity contribution in [2.75, 3.05) is 19.6 Å². The van der Waals surface area contributed by atoms with Gasteiger partial charge < -0.3 is 15.5 Å². The molecule has 0 aromatic heterocycles. The number of nitrogens with two attached hydrogens (primary N) is 1. The topological polar surface area (TPSA) is 66.6 Å². The molecule has 0 bridgehead atoms. The predicted octanol–water partition coefficient (Wildman–Crippen LogP) is 2.36. The fourth-order valence-electron chi connectivity index (χ4n) is 3.87. The van der Waals surface area contributed by atoms with E-state index in [4.69, 9.17) is 5.73 Å². The zero-order valence-electron chi connectivity index (χ0n) is 14.8. The Balaban J connectivity index is 0.00000225. The van der Waals surface area contributed by atoms with E-state index in [-0.39, 0.29) is 42.2 Å². The van der Waals surface area contributed by atoms with E-state index in [0.717, 1.165) is 37.9 Å². The Morgan fingerprint density at radius 2 is 1.92 bits per heavy atom. The Kier molecular flexibility index (Phi) is 6.85. The van der Waals surface area contributed by atoms with Crippen molar-refractivity contribution in [3.8, 4) is 0 Å². The van der Waals surface area contributed by atoms with Crippen LogP contribution in [0.25, 0.3) is 0 Å². The molecule has 25 heavy (non-hydrogen) atoms. The lowest BCUT2D eigenvalue weighted by molar-refractivity contribution is -0.140. The van der Waals surface area contributed by atoms with E-state index < -0.39 is 0 Å². The van der Waals surface area contributed by atoms with Gasteiger partial charge in [-0.15, -0.1) is 12.4 Å². The van der Waals surface area contributed by atoms with Crippen molar-refractivity contribution in [2.24, 2.45) is 11.7 Å². The van der Waals surface area contributed by atoms with E-state index in [9.17, 15) is 9.59 Å². The molecule has 2 amide bonds. The number of nitrogens with zero attached hydrogens (tertiary/aromatic N) is 2. The summed E-state index contributed by atoms with van der Waals surface area (Å²) in [5.41, 5.74) is 7.30. The summed E-state index contributed by atoms with van der Waals surface area (Å²) in [4.78, 5) is 28.8. The first-order valence-corrected chi connectivity index (χ1v) is 8.96. The highest BCUT2D eigenvalue weighted by atomic mass is 35.5. The maximum absolute atomic E-state index is 12.9. The minimum atomic E-state index is -0.299. The van der Waals surface area contributed by atoms with Crippen LogP contribution in [0.2, 0.25) is 0 Å². The molecule has 3 atom stereocenters. The number of halogens is 1. The summed E-state index contributed by atoms with van der Waals surface area (Å²) in [6.45, 7) is 4.16. The average Bonchev–Trinajstić information content (AvgIpc) is 3.06. The van der Waals surface area contributed by atoms with Crippen LogP contribution in [0, 0.1) is 5.92 Å². The third kappa shape index (κ3) is 4.33. The molecule has 3 unspecified atom stereocenters. The minimum absolute atomic E-state index is 0. The second kappa shape index (κ2) is 8.68. The summed E-state index contributed by atoms with van der Waals surface area (Å²) < 4.78 is 0. The van der Waals surface area contributed by atoms with Gasteiger partial charge in [0.25, 0.3) is 0 Å². The van der Waals surface area contributed by atoms with Gasteiger partial charge in [-0.3, -0.25) is 9.59 Å². The monoisotopic (exact) mass is 365 g/mol. The van der Waals surface area contributed by atoms with E-state index in [1.165, 1.54) is 0 Å². The zero-order chi connectivity index (χ0) is 17.1. The van der Waals surface area contributed by atoms with Gasteiger partial charge in [0.2, 0.25) is 11.8 Å². The van der Waals surface area contributed by atoms with Crippen molar-refractivity contribution < 1.29 is 9.59 Å². The van der Waals surface area contributed by atoms with Crippen LogP contribution < -0.4 is 5.73 Å². The van der Waals surface area contributed by atoms with Crippen molar-refractivity contribution in [1.82, 2.24) is 9.80 Å². The molecule has 0 spiro atoms. The number of carbonyl (C=O) groups excluding carboxylic acids is 2. The van der Waals surface area contributed by atoms with Crippen LogP contribution in [0.5, 0.6) is 0 Å². The molecule has 2 aliphatic heterocycles. The van der Waals surface area contributed by atoms with Crippen molar-refractivity contribution in [2.45, 2.75) is 44.7 Å². The lowest BCUT2D eigenvalue weighted by Gasteiger charge is -2.39. The Labute approximate surface area is 155 Å². The molecule has 0 saturated carbocycles. The molecule has 2 fully saturated rings. The van der Waals surface area contributed by atoms with Crippen molar-refractivity contribution in [1.29, 1.82) is 0 Å². The fourth-order valence-corrected chi connectivity index (χ4v) is 3.87. The molecule has 5 nitrogen and oxygen atoms in total. The SMILES string of the molecule is CC(C(=O)N1CCCC(N2CCCC2=O)C1)C(N)c1ccccc1.Cl. The molecule has 2 aliphatic rings. The number of hydrogen-bond acceptors (Lipinski definition) is 3. The number of amides is 2. The van der Waals surface area contributed by atoms with Crippen molar-refractivity contribution in [3.63, 3.8) is 0 Å². The van der Waals surface area contributed by atoms with Crippen molar-refractivity contribution >= 4 is 24.2 Å². The van der Waals surface area contributed by atoms with E-state index in [1.54, 1.807) is 0 Å². The van der Waals surface area contributed by atoms with Crippen LogP contribution in [0.4, 0.5) is 0 Å². The molecule has 2 heterocycles. The smallest absolute Gasteiger partial charge is 0.227 e. The number of piperidine rings is 1. The fraction of sp³-hybridized carbons (Fsp3) is 0.579. The lowest BCUT2D eigenvalue weighted by atomic mass is 9.93. The van der Waals surface area contributed by atoms with Gasteiger partial charge in [0.05, 0.1) is 5.92 Å². The van der Waals surface area contributed by atoms with Crippen LogP contribution >= 0.6 is 12.4 Å². The Morgan fingerprint density at radius 3 is 2.56 bits per heavy atom. The van der Waals surface area contributed by atoms with Crippen molar-refractivity contribution in [3.05, 3.63) is 35.9 Å². The molecule has 1 aromatic carbocycles. The molecule has 1 aromatic rings. The molecule has 6 heteroatoms. The molecule has 138 valence electrons. The average molecular weight is 366 g/mol. The number of benzene rings is 1. The zero-order valence-corrected chi connectivity index (χ0v) is 15.6. The number of hydrogen-bond donors (Lipinski definition) is 1. The summed E-state index contributed by atoms with van der Waals surface area (Å²) in [6.07, 6.45) is 3.54. The largest absolute Gasteiger partial charge is 0.340 e. The number of carbonyl (C=O) groups is 2. The van der Waals surface area contributed by atoms with Gasteiger partial charge in [0, 0.05) is 38.1 Å². The van der Waals surface area contributed by atoms with E-state index >= 15 is 0 Å². The predicted molar refractivity (Wildman–Crippen MR) is 100 cm³/mol. The molecule has 0 aliphatic carbocycles. The highest BCUT2D eigenvalue weighted by Gasteiger charge is 2.35. The minimum Gasteiger partial charge on any atom is -0.340 e. The van der Waals surface area contributed by atoms with E-state index in [0.29, 0.717) is 13.0 Å². The maximum atomic E-state index is 12.9. The Bertz CT molecular complexity index is 596. The first-order chi connectivity index (χ1) is 11.6. The van der Waals surface area contributed by atoms with Gasteiger partial charge in [-0.2, -0.15) is 0 Å². The lowest BCUT2D eigenvalue weighted by Crippen LogP contribution is -2.52. The first-order valence-electron chi connectivity index (χ1n) is 8.96. The second-order valence-corrected chi connectivity index (χ2v) is 7.00. The van der Waals surface area contributed by atoms with Crippen LogP contribution in [0.1, 0.15) is 44.2 Å². The van der Waals surface area contributed by atoms with Gasteiger partial charge in [-0.05, 0) is 24.8 Å². The standard InChI is InChI=1S/C19H27N3O2.ClH/c1-14(18(20)15-7-3-2-4-8-15)19(24)21-11-5-9-16(13-21)22-12-6-10-17(22)23;/h2-4,7-8,14,16,18H,5-6,9-13,20H2,1H3;1H. The third-order valence-corrected chi connectivity index (χ3v) is 5.37. The van der Waals surface area contributed by atoms with Gasteiger partial charge in [-0.25, -0.2) is 0 Å². The van der Waals surface area contributed by atoms with Gasteiger partial charge in [0.15, 0.2) is 0 Å². The summed E-state index contributed by atoms with van der Waals surface area (Å²) in [5.74, 6) is 0.0754. The Morgan fingerprint density at radius 1 is 1.20 bits per heavy atom. The highest BCUT2D eigenvalue weighted by molar-refractivity contribution is 5.85. The van der Waals surface area contributed by atoms with E-state index in [2.05, 4.69) is 0 Å². The molecule has 3 rings (SSSR count). The quantitative estimate of drug-likeness (QED) is 0.890. The van der Waals surface area contributed by atoms with Crippen LogP contribution in [0.15, 0.2) is 30.3 Å². The first kappa shape index (κ1) is 19.7. The van der Waals surface area contributed by atoms with Gasteiger partial charge in [-0.1, -0.05) is 37.3 Å². The van der Waals surface area contributed by atoms with Crippen LogP contribution in [0.3, 0.4) is 0 Å². The molecule has 2 saturated heterocycles. The summed E-state index contributed by atoms with van der Waals surface area (Å²) in [5, 5.41) is 0. The molecule has 2 N–H and O–H groups in total. The summed E-state index contributed by atoms with van der Waals surface area (Å²) in [7, 11) is 0. The normalized spacial score (nSPS) is 23.1. The summed E-state index contributed by atoms with van der Waals surface area (Å²) in [6, 6.07) is 9.66. The van der Waals surface area contributed by atoms with E-state index in [1.807, 2.05) is 47.1 Å². The maximum Gasteiger partial charge on any atom is 0.227 e. The Hall–Kier alpha value is -1.59. The summed E-state index contributed by atoms with van der Waals surface area (Å²) >= 11 is 0. The van der Waals surface area contributed by atoms with Gasteiger partial charge >= 0.3 is 0 Å². The molecular weight excluding hydrogens is 338 g/mol. The third-order valence-electron chi connectivity index (χ3n) is 5.37. The number of likely N-dealkylation sites (tertiary alicyclic amines) is 2. The molecular formula is C19H28ClN3O2. The number of rotatable bonds is 4. The van der Waals surface area contributed by atoms with Gasteiger partial charge in [0.1, 0.15) is 0 Å². The van der Waals surface area contributed by atoms with Crippen LogP contribution in [-0.2, 0) is 9.59 Å². The molecule has 0 radical (unpaired) electrons. The van der Waals surface area contributed by atoms with Crippen LogP contribution in [-0.4, -0.2) is 47.3 Å².